The highest BCUT2D eigenvalue weighted by Crippen LogP contribution is 2.18. The molecular formula is C9H10N4. The molecule has 0 aliphatic carbocycles. The molecule has 0 aliphatic rings. The topological polar surface area (TPSA) is 51.6 Å². The quantitative estimate of drug-likeness (QED) is 0.658. The van der Waals surface area contributed by atoms with Gasteiger partial charge in [0.1, 0.15) is 12.7 Å². The van der Waals surface area contributed by atoms with Crippen molar-refractivity contribution in [1.82, 2.24) is 19.9 Å². The molecule has 2 aromatic rings. The van der Waals surface area contributed by atoms with Crippen molar-refractivity contribution in [2.75, 3.05) is 0 Å². The van der Waals surface area contributed by atoms with Crippen LogP contribution in [-0.2, 0) is 0 Å². The summed E-state index contributed by atoms with van der Waals surface area (Å²) in [5, 5.41) is 0.944. The summed E-state index contributed by atoms with van der Waals surface area (Å²) in [4.78, 5) is 16.3. The van der Waals surface area contributed by atoms with E-state index in [0.717, 1.165) is 11.1 Å². The first-order valence-electron chi connectivity index (χ1n) is 4.19. The third kappa shape index (κ3) is 1.35. The summed E-state index contributed by atoms with van der Waals surface area (Å²) in [6.07, 6.45) is 4.81. The van der Waals surface area contributed by atoms with Crippen molar-refractivity contribution in [2.24, 2.45) is 0 Å². The van der Waals surface area contributed by atoms with Crippen LogP contribution < -0.4 is 0 Å². The second-order valence-electron chi connectivity index (χ2n) is 3.17. The molecule has 0 aromatic carbocycles. The minimum absolute atomic E-state index is 0.372. The number of hydrogen-bond acceptors (Lipinski definition) is 4. The molecular weight excluding hydrogens is 164 g/mol. The predicted molar refractivity (Wildman–Crippen MR) is 49.2 cm³/mol. The SMILES string of the molecule is CC(C)c1ncnc2ncncc12. The van der Waals surface area contributed by atoms with Gasteiger partial charge in [0, 0.05) is 6.20 Å². The summed E-state index contributed by atoms with van der Waals surface area (Å²) < 4.78 is 0. The van der Waals surface area contributed by atoms with E-state index in [1.165, 1.54) is 6.33 Å². The van der Waals surface area contributed by atoms with Gasteiger partial charge in [-0.1, -0.05) is 13.8 Å². The van der Waals surface area contributed by atoms with Crippen LogP contribution >= 0.6 is 0 Å². The maximum atomic E-state index is 4.22. The smallest absolute Gasteiger partial charge is 0.166 e. The molecule has 0 N–H and O–H groups in total. The first-order chi connectivity index (χ1) is 6.29. The van der Waals surface area contributed by atoms with Crippen LogP contribution in [0.4, 0.5) is 0 Å². The van der Waals surface area contributed by atoms with Gasteiger partial charge in [0.05, 0.1) is 11.1 Å². The van der Waals surface area contributed by atoms with Gasteiger partial charge in [-0.3, -0.25) is 0 Å². The Labute approximate surface area is 76.1 Å². The molecule has 0 spiro atoms. The highest BCUT2D eigenvalue weighted by atomic mass is 14.9. The molecule has 13 heavy (non-hydrogen) atoms. The Balaban J connectivity index is 2.76. The summed E-state index contributed by atoms with van der Waals surface area (Å²) in [5.74, 6) is 0.372. The van der Waals surface area contributed by atoms with E-state index in [-0.39, 0.29) is 0 Å². The normalized spacial score (nSPS) is 11.0. The highest BCUT2D eigenvalue weighted by Gasteiger charge is 2.07. The fraction of sp³-hybridized carbons (Fsp3) is 0.333. The van der Waals surface area contributed by atoms with E-state index < -0.39 is 0 Å². The number of rotatable bonds is 1. The van der Waals surface area contributed by atoms with Gasteiger partial charge in [-0.2, -0.15) is 0 Å². The molecule has 0 amide bonds. The molecule has 2 rings (SSSR count). The van der Waals surface area contributed by atoms with Crippen molar-refractivity contribution < 1.29 is 0 Å². The Kier molecular flexibility index (Phi) is 1.88. The van der Waals surface area contributed by atoms with Gasteiger partial charge in [0.2, 0.25) is 0 Å². The van der Waals surface area contributed by atoms with Crippen LogP contribution in [0.3, 0.4) is 0 Å². The van der Waals surface area contributed by atoms with E-state index in [1.54, 1.807) is 12.5 Å². The molecule has 0 saturated carbocycles. The second-order valence-corrected chi connectivity index (χ2v) is 3.17. The van der Waals surface area contributed by atoms with Crippen LogP contribution in [0.2, 0.25) is 0 Å². The summed E-state index contributed by atoms with van der Waals surface area (Å²) in [6.45, 7) is 4.18. The molecule has 4 nitrogen and oxygen atoms in total. The maximum Gasteiger partial charge on any atom is 0.166 e. The van der Waals surface area contributed by atoms with Gasteiger partial charge >= 0.3 is 0 Å². The van der Waals surface area contributed by atoms with E-state index in [4.69, 9.17) is 0 Å². The molecule has 0 radical (unpaired) electrons. The maximum absolute atomic E-state index is 4.22. The third-order valence-electron chi connectivity index (χ3n) is 1.89. The van der Waals surface area contributed by atoms with E-state index >= 15 is 0 Å². The van der Waals surface area contributed by atoms with E-state index in [2.05, 4.69) is 33.8 Å². The Bertz CT molecular complexity index is 419. The van der Waals surface area contributed by atoms with Crippen LogP contribution in [-0.4, -0.2) is 19.9 Å². The number of hydrogen-bond donors (Lipinski definition) is 0. The van der Waals surface area contributed by atoms with Gasteiger partial charge in [-0.25, -0.2) is 19.9 Å². The van der Waals surface area contributed by atoms with Crippen LogP contribution in [0.25, 0.3) is 11.0 Å². The molecule has 2 aromatic heterocycles. The minimum Gasteiger partial charge on any atom is -0.244 e. The molecule has 0 bridgehead atoms. The summed E-state index contributed by atoms with van der Waals surface area (Å²) in [7, 11) is 0. The number of fused-ring (bicyclic) bond motifs is 1. The van der Waals surface area contributed by atoms with E-state index in [1.807, 2.05) is 0 Å². The average molecular weight is 174 g/mol. The zero-order chi connectivity index (χ0) is 9.26. The van der Waals surface area contributed by atoms with Crippen LogP contribution in [0.1, 0.15) is 25.5 Å². The summed E-state index contributed by atoms with van der Waals surface area (Å²) in [5.41, 5.74) is 1.72. The molecule has 0 unspecified atom stereocenters. The standard InChI is InChI=1S/C9H10N4/c1-6(2)8-7-3-10-4-12-9(7)13-5-11-8/h3-6H,1-2H3. The van der Waals surface area contributed by atoms with Gasteiger partial charge in [0.15, 0.2) is 5.65 Å². The summed E-state index contributed by atoms with van der Waals surface area (Å²) >= 11 is 0. The lowest BCUT2D eigenvalue weighted by molar-refractivity contribution is 0.826. The molecule has 2 heterocycles. The van der Waals surface area contributed by atoms with Crippen LogP contribution in [0.15, 0.2) is 18.9 Å². The molecule has 4 heteroatoms. The molecule has 0 saturated heterocycles. The molecule has 0 atom stereocenters. The zero-order valence-corrected chi connectivity index (χ0v) is 7.60. The lowest BCUT2D eigenvalue weighted by Gasteiger charge is -2.05. The Morgan fingerprint density at radius 3 is 2.62 bits per heavy atom. The lowest BCUT2D eigenvalue weighted by atomic mass is 10.1. The fourth-order valence-corrected chi connectivity index (χ4v) is 1.28. The Morgan fingerprint density at radius 1 is 1.08 bits per heavy atom. The zero-order valence-electron chi connectivity index (χ0n) is 7.60. The number of nitrogens with zero attached hydrogens (tertiary/aromatic N) is 4. The van der Waals surface area contributed by atoms with Crippen molar-refractivity contribution in [3.8, 4) is 0 Å². The van der Waals surface area contributed by atoms with Gasteiger partial charge in [-0.15, -0.1) is 0 Å². The van der Waals surface area contributed by atoms with Gasteiger partial charge in [-0.05, 0) is 5.92 Å². The first kappa shape index (κ1) is 8.04. The molecule has 0 fully saturated rings. The van der Waals surface area contributed by atoms with Crippen molar-refractivity contribution in [2.45, 2.75) is 19.8 Å². The molecule has 0 aliphatic heterocycles. The highest BCUT2D eigenvalue weighted by molar-refractivity contribution is 5.75. The van der Waals surface area contributed by atoms with Gasteiger partial charge in [0.25, 0.3) is 0 Å². The van der Waals surface area contributed by atoms with Crippen molar-refractivity contribution in [1.29, 1.82) is 0 Å². The fourth-order valence-electron chi connectivity index (χ4n) is 1.28. The van der Waals surface area contributed by atoms with Crippen molar-refractivity contribution in [3.63, 3.8) is 0 Å². The largest absolute Gasteiger partial charge is 0.244 e. The van der Waals surface area contributed by atoms with Crippen molar-refractivity contribution in [3.05, 3.63) is 24.5 Å². The third-order valence-corrected chi connectivity index (χ3v) is 1.89. The monoisotopic (exact) mass is 174 g/mol. The van der Waals surface area contributed by atoms with Crippen molar-refractivity contribution >= 4 is 11.0 Å². The number of aromatic nitrogens is 4. The average Bonchev–Trinajstić information content (AvgIpc) is 2.17. The Hall–Kier alpha value is -1.58. The minimum atomic E-state index is 0.372. The van der Waals surface area contributed by atoms with Crippen LogP contribution in [0, 0.1) is 0 Å². The van der Waals surface area contributed by atoms with E-state index in [9.17, 15) is 0 Å². The predicted octanol–water partition coefficient (Wildman–Crippen LogP) is 1.54. The summed E-state index contributed by atoms with van der Waals surface area (Å²) in [6, 6.07) is 0. The molecule has 66 valence electrons. The van der Waals surface area contributed by atoms with Gasteiger partial charge < -0.3 is 0 Å². The lowest BCUT2D eigenvalue weighted by Crippen LogP contribution is -1.97. The second kappa shape index (κ2) is 3.05. The van der Waals surface area contributed by atoms with E-state index in [0.29, 0.717) is 11.6 Å². The van der Waals surface area contributed by atoms with Crippen LogP contribution in [0.5, 0.6) is 0 Å². The first-order valence-corrected chi connectivity index (χ1v) is 4.19. The Morgan fingerprint density at radius 2 is 1.85 bits per heavy atom.